The van der Waals surface area contributed by atoms with Crippen molar-refractivity contribution in [2.45, 2.75) is 26.2 Å². The fourth-order valence-electron chi connectivity index (χ4n) is 1.71. The van der Waals surface area contributed by atoms with Gasteiger partial charge < -0.3 is 10.0 Å². The van der Waals surface area contributed by atoms with E-state index in [1.165, 1.54) is 0 Å². The molecule has 0 atom stereocenters. The van der Waals surface area contributed by atoms with Crippen molar-refractivity contribution in [3.63, 3.8) is 0 Å². The molecule has 0 saturated heterocycles. The summed E-state index contributed by atoms with van der Waals surface area (Å²) in [6.45, 7) is 2.34. The lowest BCUT2D eigenvalue weighted by molar-refractivity contribution is -0.138. The van der Waals surface area contributed by atoms with E-state index in [0.29, 0.717) is 19.4 Å². The molecule has 1 aromatic rings. The number of likely N-dealkylation sites (N-methyl/N-ethyl adjacent to an activating group) is 1. The van der Waals surface area contributed by atoms with E-state index in [1.54, 1.807) is 23.7 Å². The summed E-state index contributed by atoms with van der Waals surface area (Å²) in [6, 6.07) is 1.88. The van der Waals surface area contributed by atoms with Gasteiger partial charge in [0.15, 0.2) is 0 Å². The summed E-state index contributed by atoms with van der Waals surface area (Å²) in [5, 5.41) is 12.7. The minimum atomic E-state index is -0.835. The highest BCUT2D eigenvalue weighted by Gasteiger charge is 2.12. The SMILES string of the molecule is Cc1cc(CC(=O)N(C)CCCC(=O)O)n(C)n1. The molecule has 0 saturated carbocycles. The zero-order valence-corrected chi connectivity index (χ0v) is 11.0. The highest BCUT2D eigenvalue weighted by atomic mass is 16.4. The lowest BCUT2D eigenvalue weighted by Gasteiger charge is -2.16. The third kappa shape index (κ3) is 4.20. The minimum absolute atomic E-state index is 0.0246. The van der Waals surface area contributed by atoms with Gasteiger partial charge in [0.25, 0.3) is 0 Å². The molecule has 0 aromatic carbocycles. The van der Waals surface area contributed by atoms with Gasteiger partial charge in [0.2, 0.25) is 5.91 Å². The van der Waals surface area contributed by atoms with E-state index >= 15 is 0 Å². The van der Waals surface area contributed by atoms with E-state index in [0.717, 1.165) is 11.4 Å². The maximum absolute atomic E-state index is 11.9. The van der Waals surface area contributed by atoms with E-state index in [-0.39, 0.29) is 12.3 Å². The first-order valence-electron chi connectivity index (χ1n) is 5.85. The molecule has 0 fully saturated rings. The number of carboxylic acid groups (broad SMARTS) is 1. The van der Waals surface area contributed by atoms with Gasteiger partial charge in [-0.25, -0.2) is 0 Å². The number of aromatic nitrogens is 2. The van der Waals surface area contributed by atoms with Crippen LogP contribution in [0.3, 0.4) is 0 Å². The van der Waals surface area contributed by atoms with Crippen molar-refractivity contribution in [3.05, 3.63) is 17.5 Å². The van der Waals surface area contributed by atoms with Crippen LogP contribution in [0.4, 0.5) is 0 Å². The number of hydrogen-bond donors (Lipinski definition) is 1. The fraction of sp³-hybridized carbons (Fsp3) is 0.583. The summed E-state index contributed by atoms with van der Waals surface area (Å²) in [5.74, 6) is -0.860. The number of carboxylic acids is 1. The van der Waals surface area contributed by atoms with Crippen molar-refractivity contribution in [1.29, 1.82) is 0 Å². The number of aryl methyl sites for hydroxylation is 2. The van der Waals surface area contributed by atoms with Crippen molar-refractivity contribution < 1.29 is 14.7 Å². The van der Waals surface area contributed by atoms with Crippen LogP contribution in [0.2, 0.25) is 0 Å². The second-order valence-electron chi connectivity index (χ2n) is 4.39. The van der Waals surface area contributed by atoms with E-state index in [9.17, 15) is 9.59 Å². The van der Waals surface area contributed by atoms with Crippen LogP contribution >= 0.6 is 0 Å². The first-order chi connectivity index (χ1) is 8.40. The van der Waals surface area contributed by atoms with Crippen LogP contribution in [0.5, 0.6) is 0 Å². The number of carbonyl (C=O) groups excluding carboxylic acids is 1. The molecule has 0 spiro atoms. The van der Waals surface area contributed by atoms with Gasteiger partial charge in [0.05, 0.1) is 12.1 Å². The summed E-state index contributed by atoms with van der Waals surface area (Å²) in [5.41, 5.74) is 1.75. The minimum Gasteiger partial charge on any atom is -0.481 e. The van der Waals surface area contributed by atoms with Crippen LogP contribution in [0.25, 0.3) is 0 Å². The zero-order chi connectivity index (χ0) is 13.7. The van der Waals surface area contributed by atoms with Gasteiger partial charge in [-0.2, -0.15) is 5.10 Å². The third-order valence-electron chi connectivity index (χ3n) is 2.74. The number of aliphatic carboxylic acids is 1. The average Bonchev–Trinajstić information content (AvgIpc) is 2.56. The molecule has 1 amide bonds. The first kappa shape index (κ1) is 14.2. The molecule has 100 valence electrons. The van der Waals surface area contributed by atoms with E-state index in [2.05, 4.69) is 5.10 Å². The van der Waals surface area contributed by atoms with Crippen molar-refractivity contribution in [2.24, 2.45) is 7.05 Å². The quantitative estimate of drug-likeness (QED) is 0.805. The molecule has 1 heterocycles. The summed E-state index contributed by atoms with van der Waals surface area (Å²) < 4.78 is 1.69. The summed E-state index contributed by atoms with van der Waals surface area (Å²) in [7, 11) is 3.49. The van der Waals surface area contributed by atoms with Crippen LogP contribution in [0.15, 0.2) is 6.07 Å². The van der Waals surface area contributed by atoms with E-state index in [1.807, 2.05) is 13.0 Å². The number of hydrogen-bond acceptors (Lipinski definition) is 3. The van der Waals surface area contributed by atoms with Crippen LogP contribution in [0.1, 0.15) is 24.2 Å². The van der Waals surface area contributed by atoms with Gasteiger partial charge in [-0.05, 0) is 19.4 Å². The second kappa shape index (κ2) is 6.18. The predicted molar refractivity (Wildman–Crippen MR) is 66.2 cm³/mol. The molecular formula is C12H19N3O3. The first-order valence-corrected chi connectivity index (χ1v) is 5.85. The smallest absolute Gasteiger partial charge is 0.303 e. The third-order valence-corrected chi connectivity index (χ3v) is 2.74. The summed E-state index contributed by atoms with van der Waals surface area (Å²) in [4.78, 5) is 23.8. The van der Waals surface area contributed by atoms with Crippen LogP contribution in [-0.4, -0.2) is 45.3 Å². The molecular weight excluding hydrogens is 234 g/mol. The lowest BCUT2D eigenvalue weighted by atomic mass is 10.2. The standard InChI is InChI=1S/C12H19N3O3/c1-9-7-10(15(3)13-9)8-11(16)14(2)6-4-5-12(17)18/h7H,4-6,8H2,1-3H3,(H,17,18). The molecule has 0 radical (unpaired) electrons. The molecule has 0 unspecified atom stereocenters. The van der Waals surface area contributed by atoms with Crippen LogP contribution in [-0.2, 0) is 23.1 Å². The van der Waals surface area contributed by atoms with E-state index < -0.39 is 5.97 Å². The number of amides is 1. The number of rotatable bonds is 6. The van der Waals surface area contributed by atoms with Gasteiger partial charge in [-0.15, -0.1) is 0 Å². The molecule has 6 heteroatoms. The van der Waals surface area contributed by atoms with E-state index in [4.69, 9.17) is 5.11 Å². The van der Waals surface area contributed by atoms with Crippen LogP contribution in [0, 0.1) is 6.92 Å². The molecule has 1 aromatic heterocycles. The van der Waals surface area contributed by atoms with Crippen molar-refractivity contribution in [1.82, 2.24) is 14.7 Å². The Morgan fingerprint density at radius 3 is 2.67 bits per heavy atom. The Hall–Kier alpha value is -1.85. The van der Waals surface area contributed by atoms with Gasteiger partial charge >= 0.3 is 5.97 Å². The van der Waals surface area contributed by atoms with Crippen molar-refractivity contribution in [3.8, 4) is 0 Å². The Bertz CT molecular complexity index is 440. The lowest BCUT2D eigenvalue weighted by Crippen LogP contribution is -2.30. The Balaban J connectivity index is 2.44. The molecule has 0 bridgehead atoms. The predicted octanol–water partition coefficient (Wildman–Crippen LogP) is 0.594. The maximum atomic E-state index is 11.9. The Morgan fingerprint density at radius 1 is 1.50 bits per heavy atom. The molecule has 18 heavy (non-hydrogen) atoms. The number of nitrogens with zero attached hydrogens (tertiary/aromatic N) is 3. The van der Waals surface area contributed by atoms with Gasteiger partial charge in [0, 0.05) is 32.8 Å². The van der Waals surface area contributed by atoms with Gasteiger partial charge in [-0.1, -0.05) is 0 Å². The molecule has 0 aliphatic carbocycles. The largest absolute Gasteiger partial charge is 0.481 e. The van der Waals surface area contributed by atoms with Gasteiger partial charge in [0.1, 0.15) is 0 Å². The number of carbonyl (C=O) groups is 2. The molecule has 1 rings (SSSR count). The highest BCUT2D eigenvalue weighted by Crippen LogP contribution is 2.05. The van der Waals surface area contributed by atoms with Crippen molar-refractivity contribution >= 4 is 11.9 Å². The maximum Gasteiger partial charge on any atom is 0.303 e. The average molecular weight is 253 g/mol. The molecule has 1 N–H and O–H groups in total. The topological polar surface area (TPSA) is 75.4 Å². The summed E-state index contributed by atoms with van der Waals surface area (Å²) >= 11 is 0. The monoisotopic (exact) mass is 253 g/mol. The Morgan fingerprint density at radius 2 is 2.17 bits per heavy atom. The molecule has 0 aliphatic rings. The second-order valence-corrected chi connectivity index (χ2v) is 4.39. The fourth-order valence-corrected chi connectivity index (χ4v) is 1.71. The summed E-state index contributed by atoms with van der Waals surface area (Å²) in [6.07, 6.45) is 0.853. The zero-order valence-electron chi connectivity index (χ0n) is 11.0. The molecule has 0 aliphatic heterocycles. The highest BCUT2D eigenvalue weighted by molar-refractivity contribution is 5.78. The Labute approximate surface area is 106 Å². The van der Waals surface area contributed by atoms with Crippen LogP contribution < -0.4 is 0 Å². The molecule has 6 nitrogen and oxygen atoms in total. The normalized spacial score (nSPS) is 10.4. The Kier molecular flexibility index (Phi) is 4.88. The van der Waals surface area contributed by atoms with Crippen molar-refractivity contribution in [2.75, 3.05) is 13.6 Å². The van der Waals surface area contributed by atoms with Gasteiger partial charge in [-0.3, -0.25) is 14.3 Å².